The summed E-state index contributed by atoms with van der Waals surface area (Å²) in [6, 6.07) is 8.46. The Morgan fingerprint density at radius 1 is 0.692 bits per heavy atom. The van der Waals surface area contributed by atoms with Crippen LogP contribution in [0.15, 0.2) is 43.2 Å². The maximum absolute atomic E-state index is 4.80. The second-order valence-corrected chi connectivity index (χ2v) is 7.93. The number of nitrogens with zero attached hydrogens (tertiary/aromatic N) is 2. The van der Waals surface area contributed by atoms with Crippen LogP contribution in [0, 0.1) is 35.1 Å². The summed E-state index contributed by atoms with van der Waals surface area (Å²) >= 11 is 7.24. The molecule has 0 radical (unpaired) electrons. The van der Waals surface area contributed by atoms with Gasteiger partial charge in [-0.2, -0.15) is 0 Å². The molecule has 0 aliphatic heterocycles. The molecule has 0 heterocycles. The van der Waals surface area contributed by atoms with Crippen LogP contribution in [0.1, 0.15) is 36.1 Å². The van der Waals surface area contributed by atoms with E-state index in [0.29, 0.717) is 0 Å². The molecule has 0 N–H and O–H groups in total. The molecule has 0 aliphatic rings. The van der Waals surface area contributed by atoms with E-state index in [4.69, 9.17) is 9.98 Å². The first kappa shape index (κ1) is 25.2. The van der Waals surface area contributed by atoms with Gasteiger partial charge in [-0.05, 0) is 108 Å². The Morgan fingerprint density at radius 2 is 1.00 bits per heavy atom. The normalized spacial score (nSPS) is 11.7. The maximum Gasteiger partial charge on any atom is 2.00 e. The fourth-order valence-electron chi connectivity index (χ4n) is 2.60. The van der Waals surface area contributed by atoms with Gasteiger partial charge in [-0.3, -0.25) is 9.98 Å². The Morgan fingerprint density at radius 3 is 1.27 bits per heavy atom. The van der Waals surface area contributed by atoms with Crippen LogP contribution >= 0.6 is 31.9 Å². The topological polar surface area (TPSA) is 24.7 Å². The van der Waals surface area contributed by atoms with Crippen molar-refractivity contribution >= 4 is 54.7 Å². The summed E-state index contributed by atoms with van der Waals surface area (Å²) in [6.07, 6.45) is 0. The number of aryl methyl sites for hydroxylation is 4. The Kier molecular flexibility index (Phi) is 10.2. The minimum atomic E-state index is 0. The predicted octanol–water partition coefficient (Wildman–Crippen LogP) is 7.78. The molecule has 0 fully saturated rings. The molecule has 0 amide bonds. The molecule has 0 atom stereocenters. The van der Waals surface area contributed by atoms with Gasteiger partial charge in [0.15, 0.2) is 0 Å². The molecule has 2 rings (SSSR count). The van der Waals surface area contributed by atoms with Gasteiger partial charge < -0.3 is 7.43 Å². The molecule has 26 heavy (non-hydrogen) atoms. The van der Waals surface area contributed by atoms with Crippen LogP contribution in [0.5, 0.6) is 0 Å². The summed E-state index contributed by atoms with van der Waals surface area (Å²) in [6.45, 7) is 12.3. The van der Waals surface area contributed by atoms with Crippen LogP contribution in [0.3, 0.4) is 0 Å². The largest absolute Gasteiger partial charge is 2.00 e. The third-order valence-corrected chi connectivity index (χ3v) is 5.09. The van der Waals surface area contributed by atoms with Crippen molar-refractivity contribution in [2.24, 2.45) is 9.98 Å². The summed E-state index contributed by atoms with van der Waals surface area (Å²) in [5, 5.41) is 0. The van der Waals surface area contributed by atoms with E-state index in [1.54, 1.807) is 0 Å². The van der Waals surface area contributed by atoms with E-state index in [9.17, 15) is 0 Å². The summed E-state index contributed by atoms with van der Waals surface area (Å²) in [4.78, 5) is 9.59. The average molecular weight is 524 g/mol. The van der Waals surface area contributed by atoms with E-state index >= 15 is 0 Å². The van der Waals surface area contributed by atoms with E-state index in [-0.39, 0.29) is 23.9 Å². The Labute approximate surface area is 184 Å². The third-order valence-electron chi connectivity index (χ3n) is 3.88. The van der Waals surface area contributed by atoms with E-state index < -0.39 is 0 Å². The van der Waals surface area contributed by atoms with E-state index in [1.165, 1.54) is 11.1 Å². The van der Waals surface area contributed by atoms with Crippen LogP contribution in [0.25, 0.3) is 0 Å². The third kappa shape index (κ3) is 6.14. The molecule has 0 spiro atoms. The van der Waals surface area contributed by atoms with Gasteiger partial charge in [0.2, 0.25) is 0 Å². The van der Waals surface area contributed by atoms with Gasteiger partial charge in [0.1, 0.15) is 0 Å². The van der Waals surface area contributed by atoms with E-state index in [0.717, 1.165) is 42.9 Å². The molecule has 0 aliphatic carbocycles. The molecule has 0 saturated carbocycles. The van der Waals surface area contributed by atoms with Crippen LogP contribution in [-0.2, 0) is 16.5 Å². The molecule has 5 heteroatoms. The van der Waals surface area contributed by atoms with Gasteiger partial charge >= 0.3 is 16.5 Å². The van der Waals surface area contributed by atoms with Crippen molar-refractivity contribution in [3.8, 4) is 0 Å². The maximum atomic E-state index is 4.80. The molecule has 0 aromatic heterocycles. The number of hydrogen-bond donors (Lipinski definition) is 0. The monoisotopic (exact) mass is 521 g/mol. The first-order valence-electron chi connectivity index (χ1n) is 7.83. The van der Waals surface area contributed by atoms with E-state index in [2.05, 4.69) is 83.8 Å². The quantitative estimate of drug-likeness (QED) is 0.223. The first-order valence-corrected chi connectivity index (χ1v) is 9.42. The van der Waals surface area contributed by atoms with Crippen molar-refractivity contribution < 1.29 is 16.5 Å². The van der Waals surface area contributed by atoms with Crippen molar-refractivity contribution in [3.63, 3.8) is 0 Å². The van der Waals surface area contributed by atoms with Crippen molar-refractivity contribution in [2.75, 3.05) is 0 Å². The van der Waals surface area contributed by atoms with Crippen molar-refractivity contribution in [2.45, 2.75) is 41.5 Å². The zero-order valence-electron chi connectivity index (χ0n) is 16.3. The van der Waals surface area contributed by atoms with Gasteiger partial charge in [0.25, 0.3) is 0 Å². The van der Waals surface area contributed by atoms with Crippen LogP contribution in [-0.4, -0.2) is 11.4 Å². The summed E-state index contributed by atoms with van der Waals surface area (Å²) in [5.41, 5.74) is 8.51. The molecular formula is C21H25Br2N2Ni+. The SMILES string of the molecule is CC(=Nc1c(C)cc(C)cc1Br)C(C)=Nc1c(C)cc(C)cc1Br.[CH3-].[Ni+2]. The van der Waals surface area contributed by atoms with Gasteiger partial charge in [-0.15, -0.1) is 0 Å². The summed E-state index contributed by atoms with van der Waals surface area (Å²) in [7, 11) is 0. The number of hydrogen-bond acceptors (Lipinski definition) is 2. The van der Waals surface area contributed by atoms with Crippen molar-refractivity contribution in [3.05, 3.63) is 62.9 Å². The fraction of sp³-hybridized carbons (Fsp3) is 0.286. The second kappa shape index (κ2) is 10.5. The standard InChI is InChI=1S/C20H22Br2N2.CH3.Ni/c1-11-7-13(3)19(17(21)9-11)23-15(5)16(6)24-20-14(4)8-12(2)10-18(20)22;;/h7-10H,1-6H3;1H3;/q;-1;+2. The van der Waals surface area contributed by atoms with Gasteiger partial charge in [0, 0.05) is 8.95 Å². The van der Waals surface area contributed by atoms with Crippen LogP contribution in [0.4, 0.5) is 11.4 Å². The molecule has 0 unspecified atom stereocenters. The molecule has 0 bridgehead atoms. The molecule has 2 aromatic rings. The first-order chi connectivity index (χ1) is 11.2. The van der Waals surface area contributed by atoms with Crippen molar-refractivity contribution in [1.82, 2.24) is 0 Å². The molecule has 0 saturated heterocycles. The van der Waals surface area contributed by atoms with Gasteiger partial charge in [-0.1, -0.05) is 12.1 Å². The fourth-order valence-corrected chi connectivity index (χ4v) is 4.12. The van der Waals surface area contributed by atoms with Gasteiger partial charge in [0.05, 0.1) is 22.8 Å². The minimum absolute atomic E-state index is 0. The molecule has 2 aromatic carbocycles. The summed E-state index contributed by atoms with van der Waals surface area (Å²) in [5.74, 6) is 0. The molecule has 142 valence electrons. The smallest absolute Gasteiger partial charge is 0.358 e. The van der Waals surface area contributed by atoms with E-state index in [1.807, 2.05) is 13.8 Å². The number of aliphatic imine (C=N–C) groups is 2. The van der Waals surface area contributed by atoms with Crippen LogP contribution < -0.4 is 0 Å². The zero-order valence-corrected chi connectivity index (χ0v) is 20.4. The number of halogens is 2. The summed E-state index contributed by atoms with van der Waals surface area (Å²) < 4.78 is 2.03. The average Bonchev–Trinajstić information content (AvgIpc) is 2.46. The Balaban J connectivity index is 0.00000312. The van der Waals surface area contributed by atoms with Crippen LogP contribution in [0.2, 0.25) is 0 Å². The Hall–Kier alpha value is -0.766. The van der Waals surface area contributed by atoms with Crippen molar-refractivity contribution in [1.29, 1.82) is 0 Å². The zero-order chi connectivity index (χ0) is 18.0. The Bertz CT molecular complexity index is 738. The molecule has 2 nitrogen and oxygen atoms in total. The number of benzene rings is 2. The minimum Gasteiger partial charge on any atom is -0.358 e. The second-order valence-electron chi connectivity index (χ2n) is 6.22. The van der Waals surface area contributed by atoms with Gasteiger partial charge in [-0.25, -0.2) is 0 Å². The molecular weight excluding hydrogens is 499 g/mol. The number of rotatable bonds is 3. The predicted molar refractivity (Wildman–Crippen MR) is 119 cm³/mol.